The number of rotatable bonds is 6. The number of nitrogens with zero attached hydrogens (tertiary/aromatic N) is 1. The Balaban J connectivity index is 0.00000220. The molecule has 2 atom stereocenters. The number of nitrogens with two attached hydrogens (primary N) is 1. The van der Waals surface area contributed by atoms with Crippen LogP contribution in [0.25, 0.3) is 0 Å². The summed E-state index contributed by atoms with van der Waals surface area (Å²) in [4.78, 5) is 14.1. The number of carbonyl (C=O) groups is 1. The van der Waals surface area contributed by atoms with Crippen molar-refractivity contribution in [1.82, 2.24) is 4.90 Å². The average Bonchev–Trinajstić information content (AvgIpc) is 2.90. The predicted molar refractivity (Wildman–Crippen MR) is 89.6 cm³/mol. The maximum absolute atomic E-state index is 12.2. The molecule has 2 N–H and O–H groups in total. The first kappa shape index (κ1) is 18.0. The van der Waals surface area contributed by atoms with E-state index in [0.29, 0.717) is 0 Å². The van der Waals surface area contributed by atoms with Crippen LogP contribution in [-0.2, 0) is 11.2 Å². The molecule has 1 amide bonds. The maximum atomic E-state index is 12.2. The Morgan fingerprint density at radius 1 is 1.24 bits per heavy atom. The van der Waals surface area contributed by atoms with Crippen molar-refractivity contribution in [2.75, 3.05) is 13.6 Å². The second kappa shape index (κ2) is 9.06. The van der Waals surface area contributed by atoms with Crippen LogP contribution in [0.3, 0.4) is 0 Å². The quantitative estimate of drug-likeness (QED) is 0.821. The Kier molecular flexibility index (Phi) is 7.76. The standard InChI is InChI=1S/C17H26N2O.ClH/c1-19(17(20)15-10-11-16(18)13-15)12-6-5-9-14-7-3-2-4-8-14;/h2-4,7-8,15-16H,5-6,9-13,18H2,1H3;1H. The van der Waals surface area contributed by atoms with Gasteiger partial charge in [0.05, 0.1) is 0 Å². The molecule has 0 aliphatic heterocycles. The predicted octanol–water partition coefficient (Wildman–Crippen LogP) is 3.02. The van der Waals surface area contributed by atoms with Gasteiger partial charge in [0.2, 0.25) is 5.91 Å². The van der Waals surface area contributed by atoms with Gasteiger partial charge in [0.15, 0.2) is 0 Å². The fourth-order valence-electron chi connectivity index (χ4n) is 2.99. The molecule has 0 aromatic heterocycles. The number of halogens is 1. The number of hydrogen-bond acceptors (Lipinski definition) is 2. The fraction of sp³-hybridized carbons (Fsp3) is 0.588. The van der Waals surface area contributed by atoms with Crippen molar-refractivity contribution in [1.29, 1.82) is 0 Å². The third-order valence-electron chi connectivity index (χ3n) is 4.25. The molecule has 1 aliphatic rings. The topological polar surface area (TPSA) is 46.3 Å². The summed E-state index contributed by atoms with van der Waals surface area (Å²) in [5, 5.41) is 0. The van der Waals surface area contributed by atoms with Gasteiger partial charge in [-0.3, -0.25) is 4.79 Å². The van der Waals surface area contributed by atoms with Crippen molar-refractivity contribution in [2.24, 2.45) is 11.7 Å². The minimum absolute atomic E-state index is 0. The van der Waals surface area contributed by atoms with E-state index in [0.717, 1.165) is 45.1 Å². The Bertz CT molecular complexity index is 424. The molecule has 0 saturated heterocycles. The fourth-order valence-corrected chi connectivity index (χ4v) is 2.99. The molecule has 1 saturated carbocycles. The Morgan fingerprint density at radius 3 is 2.57 bits per heavy atom. The lowest BCUT2D eigenvalue weighted by molar-refractivity contribution is -0.134. The first-order valence-corrected chi connectivity index (χ1v) is 7.71. The van der Waals surface area contributed by atoms with E-state index in [4.69, 9.17) is 5.73 Å². The molecule has 3 nitrogen and oxygen atoms in total. The van der Waals surface area contributed by atoms with Crippen molar-refractivity contribution in [3.8, 4) is 0 Å². The van der Waals surface area contributed by atoms with Crippen molar-refractivity contribution in [3.05, 3.63) is 35.9 Å². The highest BCUT2D eigenvalue weighted by atomic mass is 35.5. The largest absolute Gasteiger partial charge is 0.346 e. The SMILES string of the molecule is CN(CCCCc1ccccc1)C(=O)C1CCC(N)C1.Cl. The molecule has 1 aromatic carbocycles. The number of aryl methyl sites for hydroxylation is 1. The van der Waals surface area contributed by atoms with Crippen LogP contribution in [-0.4, -0.2) is 30.4 Å². The van der Waals surface area contributed by atoms with E-state index in [1.165, 1.54) is 5.56 Å². The van der Waals surface area contributed by atoms with E-state index < -0.39 is 0 Å². The van der Waals surface area contributed by atoms with Gasteiger partial charge in [-0.1, -0.05) is 30.3 Å². The van der Waals surface area contributed by atoms with Crippen LogP contribution >= 0.6 is 12.4 Å². The van der Waals surface area contributed by atoms with Gasteiger partial charge >= 0.3 is 0 Å². The molecule has 1 fully saturated rings. The van der Waals surface area contributed by atoms with Gasteiger partial charge in [-0.05, 0) is 44.1 Å². The van der Waals surface area contributed by atoms with Crippen molar-refractivity contribution in [2.45, 2.75) is 44.6 Å². The van der Waals surface area contributed by atoms with E-state index >= 15 is 0 Å². The molecular weight excluding hydrogens is 284 g/mol. The van der Waals surface area contributed by atoms with Gasteiger partial charge in [-0.25, -0.2) is 0 Å². The Labute approximate surface area is 134 Å². The van der Waals surface area contributed by atoms with E-state index in [2.05, 4.69) is 24.3 Å². The second-order valence-corrected chi connectivity index (χ2v) is 5.97. The number of hydrogen-bond donors (Lipinski definition) is 1. The summed E-state index contributed by atoms with van der Waals surface area (Å²) >= 11 is 0. The van der Waals surface area contributed by atoms with Crippen LogP contribution in [0, 0.1) is 5.92 Å². The highest BCUT2D eigenvalue weighted by molar-refractivity contribution is 5.85. The summed E-state index contributed by atoms with van der Waals surface area (Å²) in [6.07, 6.45) is 6.12. The monoisotopic (exact) mass is 310 g/mol. The molecule has 0 radical (unpaired) electrons. The van der Waals surface area contributed by atoms with Crippen molar-refractivity contribution < 1.29 is 4.79 Å². The summed E-state index contributed by atoms with van der Waals surface area (Å²) in [7, 11) is 1.93. The number of benzene rings is 1. The first-order chi connectivity index (χ1) is 9.66. The molecule has 118 valence electrons. The van der Waals surface area contributed by atoms with E-state index in [1.807, 2.05) is 18.0 Å². The maximum Gasteiger partial charge on any atom is 0.225 e. The normalized spacial score (nSPS) is 20.9. The molecule has 2 unspecified atom stereocenters. The van der Waals surface area contributed by atoms with Gasteiger partial charge in [0.25, 0.3) is 0 Å². The van der Waals surface area contributed by atoms with Gasteiger partial charge in [0.1, 0.15) is 0 Å². The summed E-state index contributed by atoms with van der Waals surface area (Å²) in [5.41, 5.74) is 7.26. The average molecular weight is 311 g/mol. The molecule has 4 heteroatoms. The smallest absolute Gasteiger partial charge is 0.225 e. The van der Waals surface area contributed by atoms with Crippen molar-refractivity contribution in [3.63, 3.8) is 0 Å². The number of unbranched alkanes of at least 4 members (excludes halogenated alkanes) is 1. The van der Waals surface area contributed by atoms with Gasteiger partial charge in [-0.15, -0.1) is 12.4 Å². The second-order valence-electron chi connectivity index (χ2n) is 5.97. The lowest BCUT2D eigenvalue weighted by atomic mass is 10.1. The molecule has 0 heterocycles. The Morgan fingerprint density at radius 2 is 1.95 bits per heavy atom. The first-order valence-electron chi connectivity index (χ1n) is 7.71. The molecule has 21 heavy (non-hydrogen) atoms. The number of carbonyl (C=O) groups excluding carboxylic acids is 1. The summed E-state index contributed by atoms with van der Waals surface area (Å²) in [6.45, 7) is 0.859. The molecule has 0 bridgehead atoms. The third-order valence-corrected chi connectivity index (χ3v) is 4.25. The molecule has 0 spiro atoms. The van der Waals surface area contributed by atoms with Gasteiger partial charge in [0, 0.05) is 25.6 Å². The zero-order chi connectivity index (χ0) is 14.4. The van der Waals surface area contributed by atoms with Crippen LogP contribution in [0.4, 0.5) is 0 Å². The lowest BCUT2D eigenvalue weighted by Gasteiger charge is -2.21. The molecule has 2 rings (SSSR count). The van der Waals surface area contributed by atoms with Crippen LogP contribution in [0.5, 0.6) is 0 Å². The van der Waals surface area contributed by atoms with Gasteiger partial charge in [-0.2, -0.15) is 0 Å². The van der Waals surface area contributed by atoms with Crippen LogP contribution in [0.2, 0.25) is 0 Å². The van der Waals surface area contributed by atoms with Crippen LogP contribution < -0.4 is 5.73 Å². The minimum Gasteiger partial charge on any atom is -0.346 e. The summed E-state index contributed by atoms with van der Waals surface area (Å²) < 4.78 is 0. The summed E-state index contributed by atoms with van der Waals surface area (Å²) in [5.74, 6) is 0.460. The van der Waals surface area contributed by atoms with E-state index in [-0.39, 0.29) is 30.3 Å². The molecule has 1 aromatic rings. The van der Waals surface area contributed by atoms with E-state index in [1.54, 1.807) is 0 Å². The molecular formula is C17H27ClN2O. The summed E-state index contributed by atoms with van der Waals surface area (Å²) in [6, 6.07) is 10.8. The zero-order valence-corrected chi connectivity index (χ0v) is 13.6. The zero-order valence-electron chi connectivity index (χ0n) is 12.8. The van der Waals surface area contributed by atoms with Gasteiger partial charge < -0.3 is 10.6 Å². The van der Waals surface area contributed by atoms with Crippen LogP contribution in [0.1, 0.15) is 37.7 Å². The highest BCUT2D eigenvalue weighted by Crippen LogP contribution is 2.25. The lowest BCUT2D eigenvalue weighted by Crippen LogP contribution is -2.33. The minimum atomic E-state index is 0. The number of amides is 1. The third kappa shape index (κ3) is 5.68. The van der Waals surface area contributed by atoms with Crippen LogP contribution in [0.15, 0.2) is 30.3 Å². The molecule has 1 aliphatic carbocycles. The Hall–Kier alpha value is -1.06. The highest BCUT2D eigenvalue weighted by Gasteiger charge is 2.29. The van der Waals surface area contributed by atoms with E-state index in [9.17, 15) is 4.79 Å². The van der Waals surface area contributed by atoms with Crippen molar-refractivity contribution >= 4 is 18.3 Å².